The first-order chi connectivity index (χ1) is 11.7. The highest BCUT2D eigenvalue weighted by molar-refractivity contribution is 6.09. The molecule has 25 heavy (non-hydrogen) atoms. The second-order valence-corrected chi connectivity index (χ2v) is 7.00. The third kappa shape index (κ3) is 4.80. The van der Waals surface area contributed by atoms with Crippen molar-refractivity contribution in [2.24, 2.45) is 0 Å². The number of carbonyl (C=O) groups excluding carboxylic acids is 1. The maximum absolute atomic E-state index is 12.3. The Morgan fingerprint density at radius 3 is 2.16 bits per heavy atom. The summed E-state index contributed by atoms with van der Waals surface area (Å²) in [5.74, 6) is -1.40. The number of aromatic carboxylic acids is 1. The van der Waals surface area contributed by atoms with E-state index in [4.69, 9.17) is 0 Å². The highest BCUT2D eigenvalue weighted by Gasteiger charge is 2.14. The topological polar surface area (TPSA) is 66.4 Å². The van der Waals surface area contributed by atoms with Crippen LogP contribution in [0.1, 0.15) is 49.2 Å². The molecule has 0 atom stereocenters. The van der Waals surface area contributed by atoms with E-state index in [2.05, 4.69) is 38.2 Å². The van der Waals surface area contributed by atoms with Gasteiger partial charge < -0.3 is 10.4 Å². The number of anilines is 1. The van der Waals surface area contributed by atoms with Gasteiger partial charge in [0.2, 0.25) is 0 Å². The fourth-order valence-electron chi connectivity index (χ4n) is 2.39. The Hall–Kier alpha value is -2.88. The molecule has 0 heterocycles. The van der Waals surface area contributed by atoms with Crippen LogP contribution in [0.2, 0.25) is 0 Å². The van der Waals surface area contributed by atoms with Crippen LogP contribution >= 0.6 is 0 Å². The molecule has 0 aromatic heterocycles. The molecular formula is C21H23NO3. The standard InChI is InChI=1S/C21H23NO3/c1-14(13-15-9-11-16(12-10-15)21(2,3)4)19(23)22-18-8-6-5-7-17(18)20(24)25/h5-13H,1-4H3,(H,22,23)(H,24,25)/b14-13+. The lowest BCUT2D eigenvalue weighted by Crippen LogP contribution is -2.15. The van der Waals surface area contributed by atoms with Crippen LogP contribution in [0.15, 0.2) is 54.1 Å². The number of hydrogen-bond acceptors (Lipinski definition) is 2. The summed E-state index contributed by atoms with van der Waals surface area (Å²) in [6.45, 7) is 8.15. The van der Waals surface area contributed by atoms with Gasteiger partial charge in [0.25, 0.3) is 5.91 Å². The van der Waals surface area contributed by atoms with Gasteiger partial charge in [0, 0.05) is 5.57 Å². The molecule has 0 aliphatic rings. The fraction of sp³-hybridized carbons (Fsp3) is 0.238. The Morgan fingerprint density at radius 2 is 1.60 bits per heavy atom. The van der Waals surface area contributed by atoms with Gasteiger partial charge in [-0.1, -0.05) is 57.2 Å². The number of amides is 1. The zero-order valence-electron chi connectivity index (χ0n) is 15.0. The van der Waals surface area contributed by atoms with Gasteiger partial charge in [0.05, 0.1) is 11.3 Å². The third-order valence-electron chi connectivity index (χ3n) is 3.92. The maximum Gasteiger partial charge on any atom is 0.337 e. The first-order valence-corrected chi connectivity index (χ1v) is 8.11. The van der Waals surface area contributed by atoms with E-state index in [0.717, 1.165) is 5.56 Å². The van der Waals surface area contributed by atoms with Crippen molar-refractivity contribution in [3.63, 3.8) is 0 Å². The van der Waals surface area contributed by atoms with E-state index in [1.54, 1.807) is 31.2 Å². The molecule has 2 aromatic rings. The van der Waals surface area contributed by atoms with E-state index in [0.29, 0.717) is 5.57 Å². The Labute approximate surface area is 148 Å². The Bertz CT molecular complexity index is 812. The Balaban J connectivity index is 2.17. The van der Waals surface area contributed by atoms with Crippen molar-refractivity contribution < 1.29 is 14.7 Å². The molecule has 0 radical (unpaired) electrons. The number of nitrogens with one attached hydrogen (secondary N) is 1. The van der Waals surface area contributed by atoms with Crippen LogP contribution in [0.4, 0.5) is 5.69 Å². The quantitative estimate of drug-likeness (QED) is 0.793. The van der Waals surface area contributed by atoms with Gasteiger partial charge in [0.15, 0.2) is 0 Å². The normalized spacial score (nSPS) is 11.9. The molecule has 0 spiro atoms. The molecule has 0 saturated heterocycles. The second kappa shape index (κ2) is 7.34. The molecule has 4 nitrogen and oxygen atoms in total. The lowest BCUT2D eigenvalue weighted by molar-refractivity contribution is -0.112. The Kier molecular flexibility index (Phi) is 5.42. The minimum atomic E-state index is -1.07. The van der Waals surface area contributed by atoms with E-state index in [9.17, 15) is 14.7 Å². The zero-order valence-corrected chi connectivity index (χ0v) is 15.0. The average Bonchev–Trinajstić information content (AvgIpc) is 2.54. The van der Waals surface area contributed by atoms with Gasteiger partial charge in [-0.25, -0.2) is 4.79 Å². The fourth-order valence-corrected chi connectivity index (χ4v) is 2.39. The highest BCUT2D eigenvalue weighted by atomic mass is 16.4. The third-order valence-corrected chi connectivity index (χ3v) is 3.92. The summed E-state index contributed by atoms with van der Waals surface area (Å²) < 4.78 is 0. The molecule has 130 valence electrons. The molecule has 0 aliphatic heterocycles. The number of carboxylic acids is 1. The largest absolute Gasteiger partial charge is 0.478 e. The van der Waals surface area contributed by atoms with Crippen molar-refractivity contribution in [3.05, 3.63) is 70.8 Å². The number of carbonyl (C=O) groups is 2. The molecule has 2 rings (SSSR count). The molecule has 1 amide bonds. The predicted octanol–water partition coefficient (Wildman–Crippen LogP) is 4.72. The summed E-state index contributed by atoms with van der Waals surface area (Å²) in [7, 11) is 0. The van der Waals surface area contributed by atoms with Gasteiger partial charge in [-0.15, -0.1) is 0 Å². The van der Waals surface area contributed by atoms with Gasteiger partial charge in [-0.05, 0) is 41.7 Å². The van der Waals surface area contributed by atoms with Gasteiger partial charge in [-0.3, -0.25) is 4.79 Å². The molecule has 2 N–H and O–H groups in total. The molecule has 2 aromatic carbocycles. The monoisotopic (exact) mass is 337 g/mol. The van der Waals surface area contributed by atoms with Crippen LogP contribution in [-0.4, -0.2) is 17.0 Å². The molecular weight excluding hydrogens is 314 g/mol. The highest BCUT2D eigenvalue weighted by Crippen LogP contribution is 2.23. The van der Waals surface area contributed by atoms with E-state index in [1.807, 2.05) is 12.1 Å². The number of benzene rings is 2. The van der Waals surface area contributed by atoms with Crippen molar-refractivity contribution in [1.29, 1.82) is 0 Å². The van der Waals surface area contributed by atoms with Crippen molar-refractivity contribution in [2.75, 3.05) is 5.32 Å². The van der Waals surface area contributed by atoms with E-state index < -0.39 is 5.97 Å². The maximum atomic E-state index is 12.3. The first kappa shape index (κ1) is 18.5. The van der Waals surface area contributed by atoms with Gasteiger partial charge in [0.1, 0.15) is 0 Å². The molecule has 0 aliphatic carbocycles. The number of hydrogen-bond donors (Lipinski definition) is 2. The summed E-state index contributed by atoms with van der Waals surface area (Å²) in [5.41, 5.74) is 3.09. The molecule has 0 unspecified atom stereocenters. The van der Waals surface area contributed by atoms with Crippen LogP contribution in [0, 0.1) is 0 Å². The summed E-state index contributed by atoms with van der Waals surface area (Å²) in [5, 5.41) is 11.8. The SMILES string of the molecule is C/C(=C\c1ccc(C(C)(C)C)cc1)C(=O)Nc1ccccc1C(=O)O. The summed E-state index contributed by atoms with van der Waals surface area (Å²) in [4.78, 5) is 23.6. The lowest BCUT2D eigenvalue weighted by atomic mass is 9.86. The number of rotatable bonds is 4. The predicted molar refractivity (Wildman–Crippen MR) is 101 cm³/mol. The lowest BCUT2D eigenvalue weighted by Gasteiger charge is -2.18. The van der Waals surface area contributed by atoms with Crippen LogP contribution in [0.3, 0.4) is 0 Å². The summed E-state index contributed by atoms with van der Waals surface area (Å²) >= 11 is 0. The van der Waals surface area contributed by atoms with E-state index >= 15 is 0 Å². The van der Waals surface area contributed by atoms with Crippen LogP contribution in [0.5, 0.6) is 0 Å². The van der Waals surface area contributed by atoms with Gasteiger partial charge >= 0.3 is 5.97 Å². The zero-order chi connectivity index (χ0) is 18.6. The minimum absolute atomic E-state index is 0.0678. The van der Waals surface area contributed by atoms with Crippen molar-refractivity contribution in [2.45, 2.75) is 33.1 Å². The van der Waals surface area contributed by atoms with Crippen molar-refractivity contribution in [3.8, 4) is 0 Å². The molecule has 0 fully saturated rings. The average molecular weight is 337 g/mol. The smallest absolute Gasteiger partial charge is 0.337 e. The first-order valence-electron chi connectivity index (χ1n) is 8.11. The molecule has 0 bridgehead atoms. The Morgan fingerprint density at radius 1 is 1.00 bits per heavy atom. The van der Waals surface area contributed by atoms with Gasteiger partial charge in [-0.2, -0.15) is 0 Å². The summed E-state index contributed by atoms with van der Waals surface area (Å²) in [6.07, 6.45) is 1.78. The summed E-state index contributed by atoms with van der Waals surface area (Å²) in [6, 6.07) is 14.4. The van der Waals surface area contributed by atoms with Crippen molar-refractivity contribution >= 4 is 23.6 Å². The van der Waals surface area contributed by atoms with E-state index in [-0.39, 0.29) is 22.6 Å². The number of para-hydroxylation sites is 1. The molecule has 0 saturated carbocycles. The van der Waals surface area contributed by atoms with Crippen molar-refractivity contribution in [1.82, 2.24) is 0 Å². The van der Waals surface area contributed by atoms with Crippen LogP contribution in [0.25, 0.3) is 6.08 Å². The van der Waals surface area contributed by atoms with E-state index in [1.165, 1.54) is 11.6 Å². The molecule has 4 heteroatoms. The van der Waals surface area contributed by atoms with Crippen LogP contribution < -0.4 is 5.32 Å². The second-order valence-electron chi connectivity index (χ2n) is 7.00. The minimum Gasteiger partial charge on any atom is -0.478 e. The number of carboxylic acid groups (broad SMARTS) is 1. The van der Waals surface area contributed by atoms with Crippen LogP contribution in [-0.2, 0) is 10.2 Å².